The molecule has 4 fully saturated rings. The first-order valence-corrected chi connectivity index (χ1v) is 10.6. The third kappa shape index (κ3) is 3.82. The lowest BCUT2D eigenvalue weighted by Gasteiger charge is -2.55. The van der Waals surface area contributed by atoms with Crippen LogP contribution in [-0.4, -0.2) is 23.6 Å². The fraction of sp³-hybridized carbons (Fsp3) is 0.652. The molecule has 4 bridgehead atoms. The SMILES string of the molecule is CC(C)(CNC(=O)C12CC3CC(CC(C3)C1)C2)Cc1ccc(C(=O)NO)cc1. The monoisotopic (exact) mass is 384 g/mol. The lowest BCUT2D eigenvalue weighted by molar-refractivity contribution is -0.146. The van der Waals surface area contributed by atoms with Crippen LogP contribution >= 0.6 is 0 Å². The van der Waals surface area contributed by atoms with Crippen molar-refractivity contribution in [2.24, 2.45) is 28.6 Å². The van der Waals surface area contributed by atoms with Gasteiger partial charge in [0.1, 0.15) is 0 Å². The van der Waals surface area contributed by atoms with Crippen molar-refractivity contribution in [1.29, 1.82) is 0 Å². The summed E-state index contributed by atoms with van der Waals surface area (Å²) in [7, 11) is 0. The number of benzene rings is 1. The fourth-order valence-corrected chi connectivity index (χ4v) is 6.35. The Morgan fingerprint density at radius 2 is 1.57 bits per heavy atom. The first-order chi connectivity index (χ1) is 13.3. The van der Waals surface area contributed by atoms with E-state index in [1.807, 2.05) is 12.1 Å². The van der Waals surface area contributed by atoms with E-state index in [-0.39, 0.29) is 16.7 Å². The van der Waals surface area contributed by atoms with Crippen LogP contribution < -0.4 is 10.8 Å². The number of hydrogen-bond donors (Lipinski definition) is 3. The van der Waals surface area contributed by atoms with E-state index in [1.54, 1.807) is 17.6 Å². The molecule has 3 N–H and O–H groups in total. The molecular weight excluding hydrogens is 352 g/mol. The highest BCUT2D eigenvalue weighted by molar-refractivity contribution is 5.93. The summed E-state index contributed by atoms with van der Waals surface area (Å²) < 4.78 is 0. The van der Waals surface area contributed by atoms with Gasteiger partial charge in [0, 0.05) is 17.5 Å². The first-order valence-electron chi connectivity index (χ1n) is 10.6. The molecular formula is C23H32N2O3. The molecule has 0 radical (unpaired) electrons. The van der Waals surface area contributed by atoms with Crippen molar-refractivity contribution < 1.29 is 14.8 Å². The van der Waals surface area contributed by atoms with Gasteiger partial charge in [0.15, 0.2) is 0 Å². The van der Waals surface area contributed by atoms with Crippen LogP contribution in [-0.2, 0) is 11.2 Å². The number of amides is 2. The van der Waals surface area contributed by atoms with Gasteiger partial charge in [-0.05, 0) is 85.8 Å². The van der Waals surface area contributed by atoms with Crippen molar-refractivity contribution in [1.82, 2.24) is 10.8 Å². The second kappa shape index (κ2) is 7.18. The minimum Gasteiger partial charge on any atom is -0.355 e. The van der Waals surface area contributed by atoms with Crippen LogP contribution in [0.5, 0.6) is 0 Å². The van der Waals surface area contributed by atoms with Gasteiger partial charge in [-0.3, -0.25) is 14.8 Å². The summed E-state index contributed by atoms with van der Waals surface area (Å²) >= 11 is 0. The van der Waals surface area contributed by atoms with Gasteiger partial charge in [0.25, 0.3) is 5.91 Å². The number of hydroxylamine groups is 1. The maximum Gasteiger partial charge on any atom is 0.274 e. The number of nitrogens with one attached hydrogen (secondary N) is 2. The Labute approximate surface area is 167 Å². The predicted molar refractivity (Wildman–Crippen MR) is 107 cm³/mol. The molecule has 0 spiro atoms. The lowest BCUT2D eigenvalue weighted by atomic mass is 9.49. The Morgan fingerprint density at radius 1 is 1.04 bits per heavy atom. The molecule has 1 aromatic carbocycles. The van der Waals surface area contributed by atoms with Crippen LogP contribution in [0.25, 0.3) is 0 Å². The molecule has 0 unspecified atom stereocenters. The molecule has 0 aromatic heterocycles. The van der Waals surface area contributed by atoms with E-state index in [2.05, 4.69) is 19.2 Å². The number of carbonyl (C=O) groups excluding carboxylic acids is 2. The highest BCUT2D eigenvalue weighted by atomic mass is 16.5. The Hall–Kier alpha value is -1.88. The average molecular weight is 385 g/mol. The first kappa shape index (κ1) is 19.4. The molecule has 152 valence electrons. The molecule has 4 saturated carbocycles. The molecule has 4 aliphatic carbocycles. The summed E-state index contributed by atoms with van der Waals surface area (Å²) in [5.41, 5.74) is 3.03. The summed E-state index contributed by atoms with van der Waals surface area (Å²) in [5.74, 6) is 2.11. The molecule has 5 heteroatoms. The zero-order valence-electron chi connectivity index (χ0n) is 17.0. The molecule has 0 saturated heterocycles. The summed E-state index contributed by atoms with van der Waals surface area (Å²) in [5, 5.41) is 12.0. The van der Waals surface area contributed by atoms with Gasteiger partial charge in [0.05, 0.1) is 0 Å². The minimum absolute atomic E-state index is 0.0707. The van der Waals surface area contributed by atoms with E-state index in [0.717, 1.165) is 49.0 Å². The molecule has 5 rings (SSSR count). The van der Waals surface area contributed by atoms with Gasteiger partial charge in [-0.1, -0.05) is 26.0 Å². The van der Waals surface area contributed by atoms with Crippen LogP contribution in [0.2, 0.25) is 0 Å². The Balaban J connectivity index is 1.35. The Bertz CT molecular complexity index is 718. The normalized spacial score (nSPS) is 30.9. The summed E-state index contributed by atoms with van der Waals surface area (Å²) in [4.78, 5) is 24.6. The zero-order valence-corrected chi connectivity index (χ0v) is 17.0. The van der Waals surface area contributed by atoms with E-state index < -0.39 is 5.91 Å². The second-order valence-corrected chi connectivity index (χ2v) is 10.4. The second-order valence-electron chi connectivity index (χ2n) is 10.4. The molecule has 0 aliphatic heterocycles. The topological polar surface area (TPSA) is 78.4 Å². The highest BCUT2D eigenvalue weighted by Crippen LogP contribution is 2.60. The van der Waals surface area contributed by atoms with E-state index in [1.165, 1.54) is 19.3 Å². The van der Waals surface area contributed by atoms with Crippen molar-refractivity contribution in [2.45, 2.75) is 58.8 Å². The van der Waals surface area contributed by atoms with Crippen LogP contribution in [0.3, 0.4) is 0 Å². The van der Waals surface area contributed by atoms with Gasteiger partial charge < -0.3 is 5.32 Å². The number of rotatable bonds is 6. The Morgan fingerprint density at radius 3 is 2.07 bits per heavy atom. The van der Waals surface area contributed by atoms with Gasteiger partial charge in [-0.25, -0.2) is 5.48 Å². The van der Waals surface area contributed by atoms with Crippen LogP contribution in [0.4, 0.5) is 0 Å². The summed E-state index contributed by atoms with van der Waals surface area (Å²) in [6.45, 7) is 5.00. The van der Waals surface area contributed by atoms with Crippen molar-refractivity contribution in [3.8, 4) is 0 Å². The molecule has 4 aliphatic rings. The van der Waals surface area contributed by atoms with Gasteiger partial charge in [0.2, 0.25) is 5.91 Å². The zero-order chi connectivity index (χ0) is 19.9. The number of carbonyl (C=O) groups is 2. The third-order valence-electron chi connectivity index (χ3n) is 7.25. The molecule has 28 heavy (non-hydrogen) atoms. The van der Waals surface area contributed by atoms with Crippen molar-refractivity contribution >= 4 is 11.8 Å². The van der Waals surface area contributed by atoms with Crippen molar-refractivity contribution in [3.63, 3.8) is 0 Å². The fourth-order valence-electron chi connectivity index (χ4n) is 6.35. The molecule has 2 amide bonds. The Kier molecular flexibility index (Phi) is 4.98. The highest BCUT2D eigenvalue weighted by Gasteiger charge is 2.54. The van der Waals surface area contributed by atoms with Gasteiger partial charge >= 0.3 is 0 Å². The standard InChI is InChI=1S/C23H32N2O3/c1-22(2,10-15-3-5-19(6-4-15)20(26)25-28)14-24-21(27)23-11-16-7-17(12-23)9-18(8-16)13-23/h3-6,16-18,28H,7-14H2,1-2H3,(H,24,27)(H,25,26). The van der Waals surface area contributed by atoms with Crippen molar-refractivity contribution in [2.75, 3.05) is 6.54 Å². The molecule has 5 nitrogen and oxygen atoms in total. The maximum absolute atomic E-state index is 13.2. The lowest BCUT2D eigenvalue weighted by Crippen LogP contribution is -2.54. The summed E-state index contributed by atoms with van der Waals surface area (Å²) in [6, 6.07) is 7.25. The molecule has 0 heterocycles. The number of hydrogen-bond acceptors (Lipinski definition) is 3. The molecule has 1 aromatic rings. The largest absolute Gasteiger partial charge is 0.355 e. The maximum atomic E-state index is 13.2. The average Bonchev–Trinajstić information content (AvgIpc) is 2.65. The van der Waals surface area contributed by atoms with E-state index >= 15 is 0 Å². The predicted octanol–water partition coefficient (Wildman–Crippen LogP) is 3.71. The smallest absolute Gasteiger partial charge is 0.274 e. The van der Waals surface area contributed by atoms with Crippen LogP contribution in [0, 0.1) is 28.6 Å². The summed E-state index contributed by atoms with van der Waals surface area (Å²) in [6.07, 6.45) is 8.15. The van der Waals surface area contributed by atoms with E-state index in [4.69, 9.17) is 5.21 Å². The van der Waals surface area contributed by atoms with E-state index in [0.29, 0.717) is 12.1 Å². The van der Waals surface area contributed by atoms with Crippen LogP contribution in [0.1, 0.15) is 68.3 Å². The molecule has 0 atom stereocenters. The van der Waals surface area contributed by atoms with Crippen molar-refractivity contribution in [3.05, 3.63) is 35.4 Å². The van der Waals surface area contributed by atoms with Gasteiger partial charge in [-0.2, -0.15) is 0 Å². The van der Waals surface area contributed by atoms with E-state index in [9.17, 15) is 9.59 Å². The third-order valence-corrected chi connectivity index (χ3v) is 7.25. The minimum atomic E-state index is -0.506. The quantitative estimate of drug-likeness (QED) is 0.517. The van der Waals surface area contributed by atoms with Crippen LogP contribution in [0.15, 0.2) is 24.3 Å². The van der Waals surface area contributed by atoms with Gasteiger partial charge in [-0.15, -0.1) is 0 Å².